The fourth-order valence-corrected chi connectivity index (χ4v) is 0.896. The van der Waals surface area contributed by atoms with Gasteiger partial charge in [-0.1, -0.05) is 12.1 Å². The molecule has 2 amide bonds. The van der Waals surface area contributed by atoms with E-state index in [4.69, 9.17) is 0 Å². The summed E-state index contributed by atoms with van der Waals surface area (Å²) in [6.45, 7) is 0. The molecule has 0 unspecified atom stereocenters. The maximum absolute atomic E-state index is 12.7. The lowest BCUT2D eigenvalue weighted by atomic mass is 10.2. The van der Waals surface area contributed by atoms with Crippen LogP contribution in [0.2, 0.25) is 0 Å². The first kappa shape index (κ1) is 10.2. The average Bonchev–Trinajstić information content (AvgIpc) is 2.17. The van der Waals surface area contributed by atoms with Crippen molar-refractivity contribution in [3.05, 3.63) is 41.8 Å². The molecule has 0 spiro atoms. The highest BCUT2D eigenvalue weighted by Crippen LogP contribution is 2.04. The average molecular weight is 194 g/mol. The van der Waals surface area contributed by atoms with Gasteiger partial charge in [0.05, 0.1) is 0 Å². The minimum Gasteiger partial charge on any atom is -0.341 e. The maximum atomic E-state index is 12.7. The molecule has 0 fully saturated rings. The zero-order valence-electron chi connectivity index (χ0n) is 7.75. The SMILES string of the molecule is CNC(=O)N/C=C/c1cccc(F)c1. The summed E-state index contributed by atoms with van der Waals surface area (Å²) in [5.41, 5.74) is 0.696. The number of hydrogen-bond donors (Lipinski definition) is 2. The Balaban J connectivity index is 2.56. The molecule has 0 aliphatic carbocycles. The smallest absolute Gasteiger partial charge is 0.318 e. The fraction of sp³-hybridized carbons (Fsp3) is 0.100. The van der Waals surface area contributed by atoms with Crippen LogP contribution in [0.15, 0.2) is 30.5 Å². The molecular formula is C10H11FN2O. The Hall–Kier alpha value is -1.84. The van der Waals surface area contributed by atoms with Gasteiger partial charge < -0.3 is 10.6 Å². The number of rotatable bonds is 2. The second-order valence-electron chi connectivity index (χ2n) is 2.61. The molecule has 0 heterocycles. The van der Waals surface area contributed by atoms with Crippen LogP contribution in [0.1, 0.15) is 5.56 Å². The van der Waals surface area contributed by atoms with E-state index in [1.807, 2.05) is 0 Å². The van der Waals surface area contributed by atoms with Gasteiger partial charge in [-0.05, 0) is 23.8 Å². The van der Waals surface area contributed by atoms with Crippen LogP contribution in [-0.4, -0.2) is 13.1 Å². The van der Waals surface area contributed by atoms with Crippen molar-refractivity contribution in [3.8, 4) is 0 Å². The van der Waals surface area contributed by atoms with Gasteiger partial charge in [-0.15, -0.1) is 0 Å². The molecule has 0 saturated carbocycles. The summed E-state index contributed by atoms with van der Waals surface area (Å²) in [6, 6.07) is 5.78. The van der Waals surface area contributed by atoms with Crippen LogP contribution in [0, 0.1) is 5.82 Å². The van der Waals surface area contributed by atoms with Crippen molar-refractivity contribution in [1.29, 1.82) is 0 Å². The Morgan fingerprint density at radius 2 is 2.29 bits per heavy atom. The predicted octanol–water partition coefficient (Wildman–Crippen LogP) is 1.73. The third-order valence-corrected chi connectivity index (χ3v) is 1.57. The van der Waals surface area contributed by atoms with Gasteiger partial charge in [-0.25, -0.2) is 9.18 Å². The van der Waals surface area contributed by atoms with Gasteiger partial charge in [0.15, 0.2) is 0 Å². The number of carbonyl (C=O) groups is 1. The van der Waals surface area contributed by atoms with Crippen LogP contribution in [0.5, 0.6) is 0 Å². The van der Waals surface area contributed by atoms with E-state index in [-0.39, 0.29) is 11.8 Å². The molecule has 0 atom stereocenters. The summed E-state index contributed by atoms with van der Waals surface area (Å²) in [6.07, 6.45) is 3.06. The lowest BCUT2D eigenvalue weighted by Crippen LogP contribution is -2.28. The number of hydrogen-bond acceptors (Lipinski definition) is 1. The summed E-state index contributed by atoms with van der Waals surface area (Å²) >= 11 is 0. The zero-order valence-corrected chi connectivity index (χ0v) is 7.75. The van der Waals surface area contributed by atoms with Crippen LogP contribution >= 0.6 is 0 Å². The first-order valence-electron chi connectivity index (χ1n) is 4.13. The second kappa shape index (κ2) is 5.01. The molecule has 0 aliphatic heterocycles. The molecule has 0 aliphatic rings. The monoisotopic (exact) mass is 194 g/mol. The van der Waals surface area contributed by atoms with Crippen LogP contribution in [-0.2, 0) is 0 Å². The molecular weight excluding hydrogens is 183 g/mol. The summed E-state index contributed by atoms with van der Waals surface area (Å²) in [5.74, 6) is -0.299. The number of benzene rings is 1. The molecule has 3 nitrogen and oxygen atoms in total. The minimum absolute atomic E-state index is 0.299. The lowest BCUT2D eigenvalue weighted by Gasteiger charge is -1.96. The van der Waals surface area contributed by atoms with Gasteiger partial charge in [0, 0.05) is 13.2 Å². The molecule has 0 saturated heterocycles. The minimum atomic E-state index is -0.308. The van der Waals surface area contributed by atoms with Crippen molar-refractivity contribution < 1.29 is 9.18 Å². The standard InChI is InChI=1S/C10H11FN2O/c1-12-10(14)13-6-5-8-3-2-4-9(11)7-8/h2-7H,1H3,(H2,12,13,14)/b6-5+. The normalized spacial score (nSPS) is 10.1. The second-order valence-corrected chi connectivity index (χ2v) is 2.61. The molecule has 2 N–H and O–H groups in total. The van der Waals surface area contributed by atoms with E-state index in [0.717, 1.165) is 0 Å². The predicted molar refractivity (Wildman–Crippen MR) is 53.0 cm³/mol. The molecule has 0 aromatic heterocycles. The van der Waals surface area contributed by atoms with Crippen molar-refractivity contribution in [2.24, 2.45) is 0 Å². The van der Waals surface area contributed by atoms with Crippen LogP contribution in [0.25, 0.3) is 6.08 Å². The van der Waals surface area contributed by atoms with Crippen LogP contribution in [0.4, 0.5) is 9.18 Å². The number of nitrogens with one attached hydrogen (secondary N) is 2. The van der Waals surface area contributed by atoms with Gasteiger partial charge in [0.25, 0.3) is 0 Å². The van der Waals surface area contributed by atoms with E-state index < -0.39 is 0 Å². The number of urea groups is 1. The summed E-state index contributed by atoms with van der Waals surface area (Å²) < 4.78 is 12.7. The van der Waals surface area contributed by atoms with Gasteiger partial charge in [-0.3, -0.25) is 0 Å². The van der Waals surface area contributed by atoms with Crippen molar-refractivity contribution in [2.75, 3.05) is 7.05 Å². The van der Waals surface area contributed by atoms with E-state index in [0.29, 0.717) is 5.56 Å². The molecule has 4 heteroatoms. The third-order valence-electron chi connectivity index (χ3n) is 1.57. The molecule has 0 bridgehead atoms. The molecule has 14 heavy (non-hydrogen) atoms. The summed E-state index contributed by atoms with van der Waals surface area (Å²) in [5, 5.41) is 4.83. The quantitative estimate of drug-likeness (QED) is 0.739. The van der Waals surface area contributed by atoms with E-state index in [1.165, 1.54) is 25.4 Å². The van der Waals surface area contributed by atoms with E-state index >= 15 is 0 Å². The van der Waals surface area contributed by atoms with Gasteiger partial charge in [0.1, 0.15) is 5.82 Å². The molecule has 1 aromatic carbocycles. The largest absolute Gasteiger partial charge is 0.341 e. The number of halogens is 1. The van der Waals surface area contributed by atoms with E-state index in [2.05, 4.69) is 10.6 Å². The third kappa shape index (κ3) is 3.26. The Labute approximate surface area is 81.6 Å². The highest BCUT2D eigenvalue weighted by Gasteiger charge is 1.91. The van der Waals surface area contributed by atoms with Crippen molar-refractivity contribution >= 4 is 12.1 Å². The Kier molecular flexibility index (Phi) is 3.67. The van der Waals surface area contributed by atoms with Gasteiger partial charge >= 0.3 is 6.03 Å². The number of amides is 2. The Bertz CT molecular complexity index is 350. The zero-order chi connectivity index (χ0) is 10.4. The highest BCUT2D eigenvalue weighted by atomic mass is 19.1. The number of carbonyl (C=O) groups excluding carboxylic acids is 1. The summed E-state index contributed by atoms with van der Waals surface area (Å²) in [7, 11) is 1.52. The molecule has 0 radical (unpaired) electrons. The fourth-order valence-electron chi connectivity index (χ4n) is 0.896. The topological polar surface area (TPSA) is 41.1 Å². The summed E-state index contributed by atoms with van der Waals surface area (Å²) in [4.78, 5) is 10.7. The first-order valence-corrected chi connectivity index (χ1v) is 4.13. The molecule has 1 aromatic rings. The van der Waals surface area contributed by atoms with Crippen molar-refractivity contribution in [1.82, 2.24) is 10.6 Å². The maximum Gasteiger partial charge on any atom is 0.318 e. The first-order chi connectivity index (χ1) is 6.72. The Morgan fingerprint density at radius 1 is 1.50 bits per heavy atom. The molecule has 1 rings (SSSR count). The van der Waals surface area contributed by atoms with E-state index in [1.54, 1.807) is 18.2 Å². The van der Waals surface area contributed by atoms with Crippen molar-refractivity contribution in [3.63, 3.8) is 0 Å². The van der Waals surface area contributed by atoms with Gasteiger partial charge in [-0.2, -0.15) is 0 Å². The Morgan fingerprint density at radius 3 is 2.93 bits per heavy atom. The molecule has 74 valence electrons. The lowest BCUT2D eigenvalue weighted by molar-refractivity contribution is 0.246. The van der Waals surface area contributed by atoms with E-state index in [9.17, 15) is 9.18 Å². The van der Waals surface area contributed by atoms with Gasteiger partial charge in [0.2, 0.25) is 0 Å². The van der Waals surface area contributed by atoms with Crippen LogP contribution < -0.4 is 10.6 Å². The van der Waals surface area contributed by atoms with Crippen molar-refractivity contribution in [2.45, 2.75) is 0 Å². The highest BCUT2D eigenvalue weighted by molar-refractivity contribution is 5.75. The van der Waals surface area contributed by atoms with Crippen LogP contribution in [0.3, 0.4) is 0 Å².